The summed E-state index contributed by atoms with van der Waals surface area (Å²) in [5.74, 6) is 0.465. The number of hydrogen-bond acceptors (Lipinski definition) is 2. The van der Waals surface area contributed by atoms with E-state index in [2.05, 4.69) is 22.9 Å². The van der Waals surface area contributed by atoms with Crippen LogP contribution in [0, 0.1) is 5.92 Å². The molecule has 116 valence electrons. The molecule has 0 aliphatic heterocycles. The summed E-state index contributed by atoms with van der Waals surface area (Å²) >= 11 is 3.44. The third-order valence-corrected chi connectivity index (χ3v) is 4.49. The third kappa shape index (κ3) is 4.82. The normalized spacial score (nSPS) is 14.8. The van der Waals surface area contributed by atoms with Gasteiger partial charge in [0, 0.05) is 29.2 Å². The van der Waals surface area contributed by atoms with E-state index < -0.39 is 0 Å². The van der Waals surface area contributed by atoms with Crippen LogP contribution in [-0.4, -0.2) is 25.7 Å². The lowest BCUT2D eigenvalue weighted by molar-refractivity contribution is -0.124. The third-order valence-electron chi connectivity index (χ3n) is 3.96. The van der Waals surface area contributed by atoms with E-state index in [0.717, 1.165) is 42.5 Å². The summed E-state index contributed by atoms with van der Waals surface area (Å²) in [5, 5.41) is 0. The van der Waals surface area contributed by atoms with E-state index in [-0.39, 0.29) is 11.8 Å². The molecule has 1 saturated carbocycles. The largest absolute Gasteiger partial charge is 0.380 e. The summed E-state index contributed by atoms with van der Waals surface area (Å²) in [6.45, 7) is 4.18. The number of ether oxygens (including phenoxy) is 1. The average Bonchev–Trinajstić information content (AvgIpc) is 2.42. The maximum atomic E-state index is 12.6. The minimum Gasteiger partial charge on any atom is -0.380 e. The molecule has 1 amide bonds. The fraction of sp³-hybridized carbons (Fsp3) is 0.588. The molecular weight excluding hydrogens is 330 g/mol. The highest BCUT2D eigenvalue weighted by Gasteiger charge is 2.30. The van der Waals surface area contributed by atoms with Gasteiger partial charge < -0.3 is 9.64 Å². The van der Waals surface area contributed by atoms with Crippen LogP contribution in [0.25, 0.3) is 0 Å². The molecule has 0 spiro atoms. The van der Waals surface area contributed by atoms with Crippen LogP contribution in [0.15, 0.2) is 28.7 Å². The molecule has 1 aromatic rings. The smallest absolute Gasteiger partial charge is 0.230 e. The molecule has 0 bridgehead atoms. The van der Waals surface area contributed by atoms with E-state index in [1.54, 1.807) is 0 Å². The fourth-order valence-electron chi connectivity index (χ4n) is 2.37. The Morgan fingerprint density at radius 3 is 2.57 bits per heavy atom. The number of unbranched alkanes of at least 4 members (excludes halogenated alkanes) is 1. The van der Waals surface area contributed by atoms with Crippen molar-refractivity contribution < 1.29 is 9.53 Å². The number of hydrogen-bond donors (Lipinski definition) is 0. The highest BCUT2D eigenvalue weighted by molar-refractivity contribution is 9.10. The van der Waals surface area contributed by atoms with Crippen LogP contribution in [0.5, 0.6) is 0 Å². The first-order valence-corrected chi connectivity index (χ1v) is 8.66. The van der Waals surface area contributed by atoms with Gasteiger partial charge >= 0.3 is 0 Å². The number of amides is 1. The van der Waals surface area contributed by atoms with Gasteiger partial charge in [0.2, 0.25) is 5.91 Å². The Balaban J connectivity index is 1.96. The van der Waals surface area contributed by atoms with Gasteiger partial charge in [-0.3, -0.25) is 4.79 Å². The molecule has 3 nitrogen and oxygen atoms in total. The van der Waals surface area contributed by atoms with Crippen molar-refractivity contribution in [3.63, 3.8) is 0 Å². The zero-order chi connectivity index (χ0) is 15.1. The van der Waals surface area contributed by atoms with Crippen molar-refractivity contribution in [3.8, 4) is 0 Å². The monoisotopic (exact) mass is 353 g/mol. The molecule has 1 aliphatic rings. The van der Waals surface area contributed by atoms with Crippen LogP contribution in [0.2, 0.25) is 0 Å². The van der Waals surface area contributed by atoms with Crippen molar-refractivity contribution in [2.24, 2.45) is 5.92 Å². The van der Waals surface area contributed by atoms with Crippen molar-refractivity contribution in [2.45, 2.75) is 39.0 Å². The van der Waals surface area contributed by atoms with E-state index in [1.165, 1.54) is 6.42 Å². The Bertz CT molecular complexity index is 443. The molecule has 4 heteroatoms. The predicted octanol–water partition coefficient (Wildman–Crippen LogP) is 4.40. The van der Waals surface area contributed by atoms with Gasteiger partial charge in [0.25, 0.3) is 0 Å². The molecule has 0 saturated heterocycles. The van der Waals surface area contributed by atoms with Gasteiger partial charge in [0.15, 0.2) is 0 Å². The first-order valence-electron chi connectivity index (χ1n) is 7.87. The van der Waals surface area contributed by atoms with Gasteiger partial charge in [0.05, 0.1) is 6.61 Å². The van der Waals surface area contributed by atoms with Crippen molar-refractivity contribution in [2.75, 3.05) is 24.7 Å². The van der Waals surface area contributed by atoms with Crippen LogP contribution in [0.3, 0.4) is 0 Å². The minimum absolute atomic E-state index is 0.212. The number of nitrogens with zero attached hydrogens (tertiary/aromatic N) is 1. The lowest BCUT2D eigenvalue weighted by atomic mass is 9.84. The van der Waals surface area contributed by atoms with E-state index in [4.69, 9.17) is 4.74 Å². The number of halogens is 1. The Hall–Kier alpha value is -0.870. The molecule has 0 unspecified atom stereocenters. The van der Waals surface area contributed by atoms with Crippen LogP contribution < -0.4 is 4.90 Å². The van der Waals surface area contributed by atoms with Gasteiger partial charge in [-0.2, -0.15) is 0 Å². The van der Waals surface area contributed by atoms with E-state index >= 15 is 0 Å². The summed E-state index contributed by atoms with van der Waals surface area (Å²) in [5.41, 5.74) is 0.967. The van der Waals surface area contributed by atoms with Gasteiger partial charge in [-0.1, -0.05) is 35.7 Å². The summed E-state index contributed by atoms with van der Waals surface area (Å²) in [7, 11) is 0. The molecule has 0 radical (unpaired) electrons. The molecular formula is C17H24BrNO2. The summed E-state index contributed by atoms with van der Waals surface area (Å²) in [6.07, 6.45) is 5.45. The molecule has 2 rings (SSSR count). The van der Waals surface area contributed by atoms with Gasteiger partial charge in [-0.05, 0) is 43.5 Å². The van der Waals surface area contributed by atoms with E-state index in [9.17, 15) is 4.79 Å². The minimum atomic E-state index is 0.212. The second-order valence-corrected chi connectivity index (χ2v) is 6.48. The Labute approximate surface area is 135 Å². The molecule has 0 atom stereocenters. The van der Waals surface area contributed by atoms with Crippen LogP contribution in [0.4, 0.5) is 5.69 Å². The summed E-state index contributed by atoms with van der Waals surface area (Å²) in [4.78, 5) is 14.5. The van der Waals surface area contributed by atoms with Crippen molar-refractivity contribution in [3.05, 3.63) is 28.7 Å². The first-order chi connectivity index (χ1) is 10.2. The van der Waals surface area contributed by atoms with Crippen molar-refractivity contribution >= 4 is 27.5 Å². The lowest BCUT2D eigenvalue weighted by Gasteiger charge is -2.31. The molecule has 1 aliphatic carbocycles. The molecule has 0 aromatic heterocycles. The number of anilines is 1. The average molecular weight is 354 g/mol. The second-order valence-electron chi connectivity index (χ2n) is 5.56. The fourth-order valence-corrected chi connectivity index (χ4v) is 2.63. The Kier molecular flexibility index (Phi) is 6.71. The maximum Gasteiger partial charge on any atom is 0.230 e. The second kappa shape index (κ2) is 8.54. The number of benzene rings is 1. The van der Waals surface area contributed by atoms with Crippen molar-refractivity contribution in [1.29, 1.82) is 0 Å². The van der Waals surface area contributed by atoms with Crippen molar-refractivity contribution in [1.82, 2.24) is 0 Å². The van der Waals surface area contributed by atoms with Gasteiger partial charge in [-0.25, -0.2) is 0 Å². The summed E-state index contributed by atoms with van der Waals surface area (Å²) in [6, 6.07) is 7.95. The quantitative estimate of drug-likeness (QED) is 0.648. The maximum absolute atomic E-state index is 12.6. The zero-order valence-corrected chi connectivity index (χ0v) is 14.3. The standard InChI is InChI=1S/C17H24BrNO2/c1-2-3-12-21-13-11-19(17(20)14-5-4-6-14)16-9-7-15(18)8-10-16/h7-10,14H,2-6,11-13H2,1H3. The highest BCUT2D eigenvalue weighted by Crippen LogP contribution is 2.30. The predicted molar refractivity (Wildman–Crippen MR) is 89.6 cm³/mol. The number of rotatable bonds is 8. The van der Waals surface area contributed by atoms with Gasteiger partial charge in [0.1, 0.15) is 0 Å². The molecule has 1 aromatic carbocycles. The first kappa shape index (κ1) is 16.5. The Morgan fingerprint density at radius 1 is 1.29 bits per heavy atom. The van der Waals surface area contributed by atoms with Crippen LogP contribution >= 0.6 is 15.9 Å². The highest BCUT2D eigenvalue weighted by atomic mass is 79.9. The van der Waals surface area contributed by atoms with Gasteiger partial charge in [-0.15, -0.1) is 0 Å². The Morgan fingerprint density at radius 2 is 2.00 bits per heavy atom. The molecule has 21 heavy (non-hydrogen) atoms. The number of carbonyl (C=O) groups is 1. The zero-order valence-electron chi connectivity index (χ0n) is 12.7. The molecule has 0 N–H and O–H groups in total. The SMILES string of the molecule is CCCCOCCN(C(=O)C1CCC1)c1ccc(Br)cc1. The van der Waals surface area contributed by atoms with E-state index in [1.807, 2.05) is 29.2 Å². The molecule has 1 fully saturated rings. The topological polar surface area (TPSA) is 29.5 Å². The summed E-state index contributed by atoms with van der Waals surface area (Å²) < 4.78 is 6.66. The lowest BCUT2D eigenvalue weighted by Crippen LogP contribution is -2.41. The number of carbonyl (C=O) groups excluding carboxylic acids is 1. The van der Waals surface area contributed by atoms with E-state index in [0.29, 0.717) is 13.2 Å². The van der Waals surface area contributed by atoms with Crippen LogP contribution in [0.1, 0.15) is 39.0 Å². The van der Waals surface area contributed by atoms with Crippen LogP contribution in [-0.2, 0) is 9.53 Å². The molecule has 0 heterocycles.